The zero-order valence-electron chi connectivity index (χ0n) is 37.2. The van der Waals surface area contributed by atoms with Crippen molar-refractivity contribution in [1.29, 1.82) is 0 Å². The SMILES string of the molecule is CC/C=C1\C2=C(NC(=O)OC)C3(C[C@@]1(O)C#C/C=C\C#C[C@@H]2OC1OC(C)C(C)(C(=O)c2nccc4c2[nH]c2ccc(O)cc24)C(O)C1OC1CC(C)C(CC(C)C)CO1)OCCO3. The quantitative estimate of drug-likeness (QED) is 0.119. The van der Waals surface area contributed by atoms with Crippen LogP contribution in [0.15, 0.2) is 65.5 Å². The zero-order valence-corrected chi connectivity index (χ0v) is 37.2. The van der Waals surface area contributed by atoms with E-state index in [9.17, 15) is 20.1 Å². The molecule has 0 radical (unpaired) electrons. The number of aromatic amines is 1. The molecular weight excluding hydrogens is 823 g/mol. The summed E-state index contributed by atoms with van der Waals surface area (Å²) < 4.78 is 44.3. The summed E-state index contributed by atoms with van der Waals surface area (Å²) >= 11 is 0. The van der Waals surface area contributed by atoms with Crippen molar-refractivity contribution in [2.45, 2.75) is 116 Å². The molecule has 3 aromatic rings. The van der Waals surface area contributed by atoms with Crippen molar-refractivity contribution in [3.63, 3.8) is 0 Å². The number of pyridine rings is 1. The Labute approximate surface area is 372 Å². The van der Waals surface area contributed by atoms with Gasteiger partial charge in [-0.25, -0.2) is 4.79 Å². The molecule has 5 aliphatic rings. The normalized spacial score (nSPS) is 33.4. The molecular formula is C49H57N3O12. The lowest BCUT2D eigenvalue weighted by molar-refractivity contribution is -0.339. The molecule has 5 N–H and O–H groups in total. The molecule has 64 heavy (non-hydrogen) atoms. The maximum Gasteiger partial charge on any atom is 0.411 e. The molecule has 2 aliphatic carbocycles. The molecule has 8 rings (SSSR count). The summed E-state index contributed by atoms with van der Waals surface area (Å²) in [7, 11) is 1.22. The van der Waals surface area contributed by atoms with Crippen molar-refractivity contribution in [2.75, 3.05) is 26.9 Å². The molecule has 1 aromatic carbocycles. The number of carbonyl (C=O) groups is 2. The number of hydrogen-bond acceptors (Lipinski definition) is 13. The number of rotatable bonds is 10. The minimum absolute atomic E-state index is 0.0647. The number of carbonyl (C=O) groups excluding carboxylic acids is 2. The molecule has 1 spiro atoms. The number of phenolic OH excluding ortho intramolecular Hbond substituents is 1. The number of amides is 1. The van der Waals surface area contributed by atoms with E-state index in [0.717, 1.165) is 6.42 Å². The number of aromatic nitrogens is 2. The summed E-state index contributed by atoms with van der Waals surface area (Å²) in [6, 6.07) is 6.64. The molecule has 10 atom stereocenters. The number of ether oxygens (including phenoxy) is 7. The van der Waals surface area contributed by atoms with Crippen molar-refractivity contribution in [3.05, 3.63) is 71.2 Å². The van der Waals surface area contributed by atoms with Gasteiger partial charge in [0.1, 0.15) is 29.8 Å². The minimum atomic E-state index is -1.88. The molecule has 3 fully saturated rings. The van der Waals surface area contributed by atoms with Crippen molar-refractivity contribution >= 4 is 33.7 Å². The highest BCUT2D eigenvalue weighted by molar-refractivity contribution is 6.16. The van der Waals surface area contributed by atoms with Crippen molar-refractivity contribution in [3.8, 4) is 29.4 Å². The van der Waals surface area contributed by atoms with E-state index in [1.807, 2.05) is 6.92 Å². The van der Waals surface area contributed by atoms with Crippen LogP contribution in [0.2, 0.25) is 0 Å². The average molecular weight is 880 g/mol. The number of ketones is 1. The van der Waals surface area contributed by atoms with Gasteiger partial charge in [0.15, 0.2) is 24.0 Å². The fourth-order valence-corrected chi connectivity index (χ4v) is 9.73. The fraction of sp³-hybridized carbons (Fsp3) is 0.531. The van der Waals surface area contributed by atoms with Crippen molar-refractivity contribution in [2.24, 2.45) is 23.2 Å². The second-order valence-electron chi connectivity index (χ2n) is 17.9. The summed E-state index contributed by atoms with van der Waals surface area (Å²) in [5, 5.41) is 39.8. The number of Topliss-reactive ketones (excluding diaryl/α,β-unsaturated/α-hetero) is 1. The molecule has 8 unspecified atom stereocenters. The van der Waals surface area contributed by atoms with Crippen LogP contribution in [0, 0.1) is 46.9 Å². The summed E-state index contributed by atoms with van der Waals surface area (Å²) in [4.78, 5) is 36.1. The third-order valence-corrected chi connectivity index (χ3v) is 13.3. The van der Waals surface area contributed by atoms with Crippen LogP contribution in [-0.2, 0) is 33.2 Å². The van der Waals surface area contributed by atoms with Gasteiger partial charge in [-0.1, -0.05) is 57.5 Å². The smallest absolute Gasteiger partial charge is 0.411 e. The van der Waals surface area contributed by atoms with Crippen molar-refractivity contribution < 1.29 is 58.1 Å². The van der Waals surface area contributed by atoms with Crippen LogP contribution in [0.5, 0.6) is 5.75 Å². The molecule has 340 valence electrons. The fourth-order valence-electron chi connectivity index (χ4n) is 9.73. The summed E-state index contributed by atoms with van der Waals surface area (Å²) in [5.41, 5.74) is -1.80. The molecule has 0 saturated carbocycles. The number of methoxy groups -OCH3 is 1. The van der Waals surface area contributed by atoms with Crippen LogP contribution in [0.1, 0.15) is 77.7 Å². The zero-order chi connectivity index (χ0) is 45.6. The topological polar surface area (TPSA) is 200 Å². The Balaban J connectivity index is 1.23. The van der Waals surface area contributed by atoms with Gasteiger partial charge in [-0.2, -0.15) is 0 Å². The summed E-state index contributed by atoms with van der Waals surface area (Å²) in [6.07, 6.45) is -0.390. The van der Waals surface area contributed by atoms with Crippen LogP contribution in [0.3, 0.4) is 0 Å². The average Bonchev–Trinajstić information content (AvgIpc) is 3.89. The molecule has 2 bridgehead atoms. The first kappa shape index (κ1) is 45.5. The van der Waals surface area contributed by atoms with E-state index in [4.69, 9.17) is 33.2 Å². The number of hydrogen-bond donors (Lipinski definition) is 5. The van der Waals surface area contributed by atoms with Gasteiger partial charge in [0, 0.05) is 40.1 Å². The predicted molar refractivity (Wildman–Crippen MR) is 234 cm³/mol. The first-order chi connectivity index (χ1) is 30.6. The molecule has 2 aromatic heterocycles. The van der Waals surface area contributed by atoms with Gasteiger partial charge in [-0.3, -0.25) is 15.1 Å². The highest BCUT2D eigenvalue weighted by Gasteiger charge is 2.60. The van der Waals surface area contributed by atoms with Crippen LogP contribution >= 0.6 is 0 Å². The third kappa shape index (κ3) is 8.25. The molecule has 3 saturated heterocycles. The largest absolute Gasteiger partial charge is 0.508 e. The van der Waals surface area contributed by atoms with E-state index in [1.165, 1.54) is 25.5 Å². The third-order valence-electron chi connectivity index (χ3n) is 13.3. The van der Waals surface area contributed by atoms with Gasteiger partial charge in [0.05, 0.1) is 56.1 Å². The lowest BCUT2D eigenvalue weighted by atomic mass is 9.70. The molecule has 5 heterocycles. The summed E-state index contributed by atoms with van der Waals surface area (Å²) in [5.74, 6) is 10.8. The number of allylic oxidation sites excluding steroid dienone is 3. The maximum atomic E-state index is 15.1. The number of nitrogens with one attached hydrogen (secondary N) is 2. The van der Waals surface area contributed by atoms with Crippen LogP contribution in [0.4, 0.5) is 4.79 Å². The molecule has 15 nitrogen and oxygen atoms in total. The Kier molecular flexibility index (Phi) is 12.8. The molecule has 1 amide bonds. The van der Waals surface area contributed by atoms with Gasteiger partial charge in [0.2, 0.25) is 5.79 Å². The maximum absolute atomic E-state index is 15.1. The van der Waals surface area contributed by atoms with E-state index < -0.39 is 65.7 Å². The monoisotopic (exact) mass is 879 g/mol. The second kappa shape index (κ2) is 18.1. The number of fused-ring (bicyclic) bond motifs is 5. The number of aromatic hydroxyl groups is 1. The summed E-state index contributed by atoms with van der Waals surface area (Å²) in [6.45, 7) is 12.4. The standard InChI is InChI=1S/C49H57N3O12/c1-8-13-34-38-36(14-11-9-10-12-18-48(34,57)26-49(60-20-21-61-49)42(38)52-46(56)58-7)63-45-41(64-37-23-28(4)30(25-59-37)22-27(2)3)44(55)47(6,29(5)62-45)43(54)40-39-32(17-19-50-40)33-24-31(53)15-16-35(33)51-39/h9-10,13,15-17,19,24,27-30,36-37,41,44-45,51,53,55,57H,8,20-23,25-26H2,1-7H3,(H,52,56)/b10-9-,34-13+/t28?,29?,30?,36-,37?,41?,44?,45?,47?,48-/m0/s1. The van der Waals surface area contributed by atoms with Crippen molar-refractivity contribution in [1.82, 2.24) is 15.3 Å². The Hall–Kier alpha value is -5.07. The molecule has 3 aliphatic heterocycles. The van der Waals surface area contributed by atoms with Gasteiger partial charge >= 0.3 is 6.09 Å². The van der Waals surface area contributed by atoms with Gasteiger partial charge in [0.25, 0.3) is 0 Å². The van der Waals surface area contributed by atoms with E-state index >= 15 is 4.79 Å². The second-order valence-corrected chi connectivity index (χ2v) is 17.9. The number of alkyl carbamates (subject to hydrolysis) is 1. The highest BCUT2D eigenvalue weighted by atomic mass is 16.7. The van der Waals surface area contributed by atoms with E-state index in [0.29, 0.717) is 58.7 Å². The Morgan fingerprint density at radius 3 is 2.59 bits per heavy atom. The van der Waals surface area contributed by atoms with Gasteiger partial charge < -0.3 is 53.5 Å². The van der Waals surface area contributed by atoms with Crippen LogP contribution < -0.4 is 5.32 Å². The van der Waals surface area contributed by atoms with E-state index in [1.54, 1.807) is 44.2 Å². The van der Waals surface area contributed by atoms with Crippen LogP contribution in [0.25, 0.3) is 21.8 Å². The minimum Gasteiger partial charge on any atom is -0.508 e. The number of H-pyrrole nitrogens is 1. The Bertz CT molecular complexity index is 2520. The predicted octanol–water partition coefficient (Wildman–Crippen LogP) is 5.93. The number of aliphatic hydroxyl groups is 2. The number of aliphatic hydroxyl groups excluding tert-OH is 1. The van der Waals surface area contributed by atoms with Gasteiger partial charge in [-0.15, -0.1) is 0 Å². The van der Waals surface area contributed by atoms with E-state index in [-0.39, 0.29) is 48.3 Å². The first-order valence-corrected chi connectivity index (χ1v) is 22.0. The molecule has 15 heteroatoms. The first-order valence-electron chi connectivity index (χ1n) is 22.0. The lowest BCUT2D eigenvalue weighted by Crippen LogP contribution is -2.65. The van der Waals surface area contributed by atoms with Crippen LogP contribution in [-0.4, -0.2) is 112 Å². The Morgan fingerprint density at radius 1 is 1.11 bits per heavy atom. The van der Waals surface area contributed by atoms with E-state index in [2.05, 4.69) is 59.7 Å². The highest BCUT2D eigenvalue weighted by Crippen LogP contribution is 2.50. The Morgan fingerprint density at radius 2 is 1.88 bits per heavy atom. The lowest BCUT2D eigenvalue weighted by Gasteiger charge is -2.50. The van der Waals surface area contributed by atoms with Gasteiger partial charge in [-0.05, 0) is 80.9 Å². The number of phenols is 1. The number of benzene rings is 1. The number of nitrogens with zero attached hydrogens (tertiary/aromatic N) is 1.